The molecule has 17 nitrogen and oxygen atoms in total. The number of benzene rings is 6. The van der Waals surface area contributed by atoms with Crippen LogP contribution in [0.2, 0.25) is 20.2 Å². The maximum atomic E-state index is 12.7. The highest BCUT2D eigenvalue weighted by Crippen LogP contribution is 2.33. The normalized spacial score (nSPS) is 11.8. The summed E-state index contributed by atoms with van der Waals surface area (Å²) >= 11 is 24.5. The number of aliphatic imine (C=N–C) groups is 2. The third-order valence-electron chi connectivity index (χ3n) is 11.6. The SMILES string of the molecule is C[C@H](NC(=O)c1ccc2c(Cl)cnc(Cl)c2c1)c1ccccc1.C[C@H](NC(=O)c1ccc2c(Cl)cnc(N=C(N)N)c2c1)c1ccccc1.NC(N)=Nc1ncc(Cl)c2ccc(C(=O)N[C@@H](C(=O)O)c3ccccc3)cc12.[2HH].[2HH].[2HH]. The number of carboxylic acids is 1. The van der Waals surface area contributed by atoms with Gasteiger partial charge in [-0.25, -0.2) is 19.7 Å². The molecular weight excluding hydrogens is 1060 g/mol. The standard InChI is InChI=1S/C19H16ClN5O3.C19H18ClN5O.C18H14Cl2N2O.3H2/c20-14-9-23-16(25-19(21)22)13-8-11(6-7-12(13)14)17(26)24-15(18(27)28)10-4-2-1-3-5-10;1-11(12-5-3-2-4-6-12)24-18(26)13-7-8-14-15(9-13)17(25-19(21)22)23-10-16(14)20;1-11(12-5-3-2-4-6-12)22-18(23)13-7-8-14-15(9-13)17(20)21-10-16(14)19;;;/h1-9,15H,(H,24,26)(H,27,28)(H4,21,22,23,25);2-11H,1H3,(H,24,26)(H4,21,22,23,25);2-11H,1H3,(H,22,23);3*1H/t15-;2*11-;;;/m100.../s1/i;;;3*1+1. The van der Waals surface area contributed by atoms with Crippen LogP contribution < -0.4 is 38.9 Å². The largest absolute Gasteiger partial charge is 0.479 e. The Labute approximate surface area is 465 Å². The number of nitrogens with one attached hydrogen (secondary N) is 3. The molecule has 0 saturated carbocycles. The molecule has 0 aliphatic heterocycles. The zero-order valence-electron chi connectivity index (χ0n) is 41.0. The van der Waals surface area contributed by atoms with E-state index in [9.17, 15) is 24.3 Å². The van der Waals surface area contributed by atoms with Gasteiger partial charge in [0, 0.05) is 71.9 Å². The Kier molecular flexibility index (Phi) is 18.6. The first-order chi connectivity index (χ1) is 36.9. The number of amides is 3. The summed E-state index contributed by atoms with van der Waals surface area (Å²) < 4.78 is 0. The number of carbonyl (C=O) groups excluding carboxylic acids is 3. The molecule has 396 valence electrons. The van der Waals surface area contributed by atoms with E-state index in [1.54, 1.807) is 72.8 Å². The van der Waals surface area contributed by atoms with Crippen molar-refractivity contribution in [2.75, 3.05) is 0 Å². The van der Waals surface area contributed by atoms with Gasteiger partial charge in [-0.3, -0.25) is 14.4 Å². The van der Waals surface area contributed by atoms with Crippen LogP contribution in [0.1, 0.15) is 84.0 Å². The number of carbonyl (C=O) groups is 4. The number of guanidine groups is 2. The molecule has 0 radical (unpaired) electrons. The molecule has 0 unspecified atom stereocenters. The van der Waals surface area contributed by atoms with E-state index in [0.29, 0.717) is 69.7 Å². The van der Waals surface area contributed by atoms with Crippen molar-refractivity contribution in [3.05, 3.63) is 218 Å². The highest BCUT2D eigenvalue weighted by atomic mass is 35.5. The Balaban J connectivity index is 0.000000255. The van der Waals surface area contributed by atoms with E-state index in [2.05, 4.69) is 40.9 Å². The first kappa shape index (κ1) is 55.9. The van der Waals surface area contributed by atoms with E-state index in [4.69, 9.17) is 69.3 Å². The van der Waals surface area contributed by atoms with Gasteiger partial charge in [-0.05, 0) is 66.9 Å². The highest BCUT2D eigenvalue weighted by Gasteiger charge is 2.23. The lowest BCUT2D eigenvalue weighted by Gasteiger charge is -2.15. The van der Waals surface area contributed by atoms with Crippen LogP contribution in [-0.4, -0.2) is 55.7 Å². The molecule has 0 fully saturated rings. The van der Waals surface area contributed by atoms with E-state index in [0.717, 1.165) is 16.5 Å². The number of aliphatic carboxylic acids is 1. The number of pyridine rings is 3. The van der Waals surface area contributed by atoms with Crippen LogP contribution in [0.15, 0.2) is 174 Å². The summed E-state index contributed by atoms with van der Waals surface area (Å²) in [4.78, 5) is 69.6. The van der Waals surface area contributed by atoms with Crippen molar-refractivity contribution in [2.45, 2.75) is 32.0 Å². The summed E-state index contributed by atoms with van der Waals surface area (Å²) in [7, 11) is 0. The van der Waals surface area contributed by atoms with Gasteiger partial charge in [-0.2, -0.15) is 9.98 Å². The topological polar surface area (TPSA) is 292 Å². The average Bonchev–Trinajstić information content (AvgIpc) is 3.48. The first-order valence-corrected chi connectivity index (χ1v) is 24.8. The third kappa shape index (κ3) is 14.3. The second-order valence-electron chi connectivity index (χ2n) is 17.0. The lowest BCUT2D eigenvalue weighted by molar-refractivity contribution is -0.139. The van der Waals surface area contributed by atoms with Crippen LogP contribution in [0.5, 0.6) is 0 Å². The maximum Gasteiger partial charge on any atom is 0.330 e. The minimum absolute atomic E-state index is 0. The van der Waals surface area contributed by atoms with Gasteiger partial charge in [0.1, 0.15) is 5.15 Å². The van der Waals surface area contributed by atoms with E-state index in [-0.39, 0.29) is 51.5 Å². The van der Waals surface area contributed by atoms with Crippen LogP contribution in [0.4, 0.5) is 11.6 Å². The fraction of sp³-hybridized carbons (Fsp3) is 0.0893. The Morgan fingerprint density at radius 1 is 0.468 bits per heavy atom. The molecule has 0 bridgehead atoms. The summed E-state index contributed by atoms with van der Waals surface area (Å²) in [5.74, 6) is -1.92. The molecule has 0 aliphatic carbocycles. The summed E-state index contributed by atoms with van der Waals surface area (Å²) in [5.41, 5.74) is 25.5. The Morgan fingerprint density at radius 2 is 0.805 bits per heavy atom. The van der Waals surface area contributed by atoms with Gasteiger partial charge in [0.25, 0.3) is 17.7 Å². The molecule has 9 rings (SSSR count). The fourth-order valence-corrected chi connectivity index (χ4v) is 8.61. The highest BCUT2D eigenvalue weighted by molar-refractivity contribution is 6.39. The molecule has 3 atom stereocenters. The molecular formula is C56H54Cl4N12O5. The quantitative estimate of drug-likeness (QED) is 0.0322. The molecule has 6 aromatic carbocycles. The second-order valence-corrected chi connectivity index (χ2v) is 18.6. The lowest BCUT2D eigenvalue weighted by atomic mass is 10.0. The molecule has 0 spiro atoms. The smallest absolute Gasteiger partial charge is 0.330 e. The van der Waals surface area contributed by atoms with Gasteiger partial charge in [0.05, 0.1) is 27.2 Å². The van der Waals surface area contributed by atoms with Gasteiger partial charge >= 0.3 is 5.97 Å². The molecule has 77 heavy (non-hydrogen) atoms. The lowest BCUT2D eigenvalue weighted by Crippen LogP contribution is -2.33. The fourth-order valence-electron chi connectivity index (χ4n) is 7.77. The van der Waals surface area contributed by atoms with Crippen molar-refractivity contribution < 1.29 is 28.6 Å². The number of aromatic nitrogens is 3. The van der Waals surface area contributed by atoms with Crippen molar-refractivity contribution in [1.82, 2.24) is 30.9 Å². The molecule has 21 heteroatoms. The van der Waals surface area contributed by atoms with E-state index >= 15 is 0 Å². The summed E-state index contributed by atoms with van der Waals surface area (Å²) in [6, 6.07) is 41.6. The zero-order chi connectivity index (χ0) is 55.3. The Bertz CT molecular complexity index is 3720. The number of rotatable bonds is 12. The van der Waals surface area contributed by atoms with E-state index in [1.807, 2.05) is 74.5 Å². The van der Waals surface area contributed by atoms with Gasteiger partial charge in [0.15, 0.2) is 29.6 Å². The predicted octanol–water partition coefficient (Wildman–Crippen LogP) is 11.4. The number of nitrogens with zero attached hydrogens (tertiary/aromatic N) is 5. The monoisotopic (exact) mass is 1120 g/mol. The number of hydrogen-bond acceptors (Lipinski definition) is 9. The van der Waals surface area contributed by atoms with E-state index in [1.165, 1.54) is 30.7 Å². The van der Waals surface area contributed by atoms with Crippen molar-refractivity contribution in [3.63, 3.8) is 0 Å². The first-order valence-electron chi connectivity index (χ1n) is 23.3. The van der Waals surface area contributed by atoms with Crippen LogP contribution in [-0.2, 0) is 4.79 Å². The van der Waals surface area contributed by atoms with Crippen molar-refractivity contribution in [1.29, 1.82) is 0 Å². The number of fused-ring (bicyclic) bond motifs is 3. The van der Waals surface area contributed by atoms with Crippen LogP contribution >= 0.6 is 46.4 Å². The van der Waals surface area contributed by atoms with E-state index < -0.39 is 17.9 Å². The zero-order valence-corrected chi connectivity index (χ0v) is 44.0. The Hall–Kier alpha value is -8.87. The van der Waals surface area contributed by atoms with Gasteiger partial charge in [0.2, 0.25) is 0 Å². The van der Waals surface area contributed by atoms with Crippen molar-refractivity contribution >= 4 is 126 Å². The molecule has 0 saturated heterocycles. The van der Waals surface area contributed by atoms with Crippen LogP contribution in [0.3, 0.4) is 0 Å². The second kappa shape index (κ2) is 25.6. The van der Waals surface area contributed by atoms with Gasteiger partial charge in [-0.15, -0.1) is 0 Å². The van der Waals surface area contributed by atoms with Gasteiger partial charge in [-0.1, -0.05) is 156 Å². The summed E-state index contributed by atoms with van der Waals surface area (Å²) in [5, 5.41) is 23.4. The average molecular weight is 1120 g/mol. The number of carboxylic acid groups (broad SMARTS) is 1. The maximum absolute atomic E-state index is 12.7. The Morgan fingerprint density at radius 3 is 1.18 bits per heavy atom. The summed E-state index contributed by atoms with van der Waals surface area (Å²) in [6.07, 6.45) is 4.38. The minimum Gasteiger partial charge on any atom is -0.479 e. The number of halogens is 4. The predicted molar refractivity (Wildman–Crippen MR) is 311 cm³/mol. The van der Waals surface area contributed by atoms with Crippen LogP contribution in [0.25, 0.3) is 32.3 Å². The molecule has 3 heterocycles. The number of nitrogens with two attached hydrogens (primary N) is 4. The molecule has 3 amide bonds. The molecule has 0 aliphatic rings. The molecule has 3 aromatic heterocycles. The molecule has 12 N–H and O–H groups in total. The van der Waals surface area contributed by atoms with Crippen molar-refractivity contribution in [3.8, 4) is 0 Å². The molecule has 9 aromatic rings. The summed E-state index contributed by atoms with van der Waals surface area (Å²) in [6.45, 7) is 3.87. The van der Waals surface area contributed by atoms with Gasteiger partial charge < -0.3 is 44.0 Å². The minimum atomic E-state index is -1.20. The van der Waals surface area contributed by atoms with Crippen molar-refractivity contribution in [2.24, 2.45) is 32.9 Å². The third-order valence-corrected chi connectivity index (χ3v) is 12.8. The van der Waals surface area contributed by atoms with Crippen LogP contribution in [0, 0.1) is 0 Å². The number of hydrogen-bond donors (Lipinski definition) is 8.